The van der Waals surface area contributed by atoms with Gasteiger partial charge in [-0.3, -0.25) is 13.8 Å². The molecule has 0 aromatic rings. The van der Waals surface area contributed by atoms with E-state index in [9.17, 15) is 19.4 Å². The molecule has 3 N–H and O–H groups in total. The molecule has 0 saturated heterocycles. The van der Waals surface area contributed by atoms with Gasteiger partial charge in [0.25, 0.3) is 0 Å². The van der Waals surface area contributed by atoms with Crippen molar-refractivity contribution >= 4 is 13.7 Å². The quantitative estimate of drug-likeness (QED) is 0.0243. The summed E-state index contributed by atoms with van der Waals surface area (Å²) in [5.41, 5.74) is 0. The lowest BCUT2D eigenvalue weighted by molar-refractivity contribution is -0.870. The molecule has 0 aromatic heterocycles. The second kappa shape index (κ2) is 49.7. The zero-order valence-corrected chi connectivity index (χ0v) is 46.0. The summed E-state index contributed by atoms with van der Waals surface area (Å²) >= 11 is 0. The first-order valence-corrected chi connectivity index (χ1v) is 30.3. The maximum absolute atomic E-state index is 13.0. The minimum Gasteiger partial charge on any atom is -0.391 e. The Hall–Kier alpha value is -1.28. The molecule has 0 aliphatic rings. The number of phosphoric ester groups is 1. The van der Waals surface area contributed by atoms with Gasteiger partial charge in [-0.05, 0) is 51.4 Å². The number of unbranched alkanes of at least 4 members (excludes halogenated alkanes) is 34. The highest BCUT2D eigenvalue weighted by molar-refractivity contribution is 7.47. The number of hydrogen-bond donors (Lipinski definition) is 3. The first-order valence-electron chi connectivity index (χ1n) is 28.9. The van der Waals surface area contributed by atoms with Crippen molar-refractivity contribution in [2.45, 2.75) is 289 Å². The van der Waals surface area contributed by atoms with Crippen LogP contribution in [0.25, 0.3) is 0 Å². The average molecular weight is 967 g/mol. The predicted octanol–water partition coefficient (Wildman–Crippen LogP) is 17.4. The number of nitrogens with zero attached hydrogens (tertiary/aromatic N) is 1. The lowest BCUT2D eigenvalue weighted by Gasteiger charge is -2.26. The molecule has 3 atom stereocenters. The molecule has 0 rings (SSSR count). The van der Waals surface area contributed by atoms with Crippen LogP contribution in [-0.2, 0) is 18.4 Å². The van der Waals surface area contributed by atoms with E-state index in [1.54, 1.807) is 0 Å². The number of phosphoric acid groups is 1. The Morgan fingerprint density at radius 2 is 0.851 bits per heavy atom. The van der Waals surface area contributed by atoms with Crippen molar-refractivity contribution in [1.29, 1.82) is 0 Å². The lowest BCUT2D eigenvalue weighted by atomic mass is 10.0. The molecule has 3 unspecified atom stereocenters. The van der Waals surface area contributed by atoms with Gasteiger partial charge in [0.1, 0.15) is 13.2 Å². The summed E-state index contributed by atoms with van der Waals surface area (Å²) in [5.74, 6) is -0.154. The van der Waals surface area contributed by atoms with E-state index in [4.69, 9.17) is 9.05 Å². The van der Waals surface area contributed by atoms with Crippen LogP contribution in [-0.4, -0.2) is 73.4 Å². The number of aliphatic hydroxyl groups is 1. The van der Waals surface area contributed by atoms with Crippen molar-refractivity contribution in [2.24, 2.45) is 0 Å². The summed E-state index contributed by atoms with van der Waals surface area (Å²) in [6, 6.07) is -0.769. The number of likely N-dealkylation sites (N-methyl/N-ethyl adjacent to an activating group) is 1. The van der Waals surface area contributed by atoms with E-state index in [0.717, 1.165) is 64.2 Å². The largest absolute Gasteiger partial charge is 0.472 e. The third-order valence-corrected chi connectivity index (χ3v) is 14.1. The molecule has 0 bridgehead atoms. The zero-order chi connectivity index (χ0) is 49.2. The van der Waals surface area contributed by atoms with Gasteiger partial charge in [-0.25, -0.2) is 4.57 Å². The number of nitrogens with one attached hydrogen (secondary N) is 1. The molecule has 396 valence electrons. The zero-order valence-electron chi connectivity index (χ0n) is 45.2. The monoisotopic (exact) mass is 966 g/mol. The first-order chi connectivity index (χ1) is 32.5. The number of carbonyl (C=O) groups excluding carboxylic acids is 1. The molecule has 0 saturated carbocycles. The second-order valence-corrected chi connectivity index (χ2v) is 22.5. The van der Waals surface area contributed by atoms with Gasteiger partial charge in [-0.2, -0.15) is 0 Å². The molecule has 0 heterocycles. The van der Waals surface area contributed by atoms with E-state index in [2.05, 4.69) is 55.6 Å². The Kier molecular flexibility index (Phi) is 48.7. The van der Waals surface area contributed by atoms with Crippen LogP contribution in [0.1, 0.15) is 277 Å². The van der Waals surface area contributed by atoms with E-state index in [-0.39, 0.29) is 19.1 Å². The highest BCUT2D eigenvalue weighted by atomic mass is 31.2. The molecular weight excluding hydrogens is 852 g/mol. The summed E-state index contributed by atoms with van der Waals surface area (Å²) < 4.78 is 23.8. The Balaban J connectivity index is 4.20. The molecule has 0 aromatic carbocycles. The standard InChI is InChI=1S/C58H113N2O6P/c1-6-8-10-12-14-16-18-20-22-24-26-28-29-30-32-33-35-37-39-41-43-45-47-49-51-57(61)56(55-66-67(63,64)65-54-53-60(3,4)5)59-58(62)52-50-48-46-44-42-40-38-36-34-31-27-25-23-21-19-17-15-13-11-9-7-2/h19,21,25,27,34,36,56-57,61H,6-18,20,22-24,26,28-33,35,37-55H2,1-5H3,(H-,59,62,63,64)/p+1/b21-19-,27-25-,36-34-. The maximum Gasteiger partial charge on any atom is 0.472 e. The minimum absolute atomic E-state index is 0.0718. The van der Waals surface area contributed by atoms with Crippen molar-refractivity contribution in [3.05, 3.63) is 36.5 Å². The van der Waals surface area contributed by atoms with Crippen LogP contribution in [0, 0.1) is 0 Å². The number of aliphatic hydroxyl groups excluding tert-OH is 1. The molecule has 0 spiro atoms. The molecule has 9 heteroatoms. The van der Waals surface area contributed by atoms with Gasteiger partial charge in [-0.1, -0.05) is 256 Å². The average Bonchev–Trinajstić information content (AvgIpc) is 3.29. The van der Waals surface area contributed by atoms with Crippen molar-refractivity contribution < 1.29 is 32.9 Å². The molecule has 0 aliphatic heterocycles. The number of hydrogen-bond acceptors (Lipinski definition) is 5. The van der Waals surface area contributed by atoms with Crippen LogP contribution < -0.4 is 5.32 Å². The van der Waals surface area contributed by atoms with Gasteiger partial charge in [-0.15, -0.1) is 0 Å². The van der Waals surface area contributed by atoms with Gasteiger partial charge in [0, 0.05) is 6.42 Å². The summed E-state index contributed by atoms with van der Waals surface area (Å²) in [6.45, 7) is 4.90. The van der Waals surface area contributed by atoms with Gasteiger partial charge in [0.2, 0.25) is 5.91 Å². The second-order valence-electron chi connectivity index (χ2n) is 21.0. The summed E-state index contributed by atoms with van der Waals surface area (Å²) in [4.78, 5) is 23.3. The molecular formula is C58H114N2O6P+. The van der Waals surface area contributed by atoms with Gasteiger partial charge < -0.3 is 19.8 Å². The highest BCUT2D eigenvalue weighted by Gasteiger charge is 2.28. The van der Waals surface area contributed by atoms with E-state index in [0.29, 0.717) is 23.9 Å². The fourth-order valence-electron chi connectivity index (χ4n) is 8.58. The Morgan fingerprint density at radius 3 is 1.24 bits per heavy atom. The first kappa shape index (κ1) is 65.7. The fraction of sp³-hybridized carbons (Fsp3) is 0.879. The summed E-state index contributed by atoms with van der Waals surface area (Å²) in [5, 5.41) is 14.1. The van der Waals surface area contributed by atoms with Gasteiger partial charge in [0.15, 0.2) is 0 Å². The highest BCUT2D eigenvalue weighted by Crippen LogP contribution is 2.43. The summed E-state index contributed by atoms with van der Waals surface area (Å²) in [7, 11) is 1.61. The Bertz CT molecular complexity index is 1190. The molecule has 67 heavy (non-hydrogen) atoms. The number of allylic oxidation sites excluding steroid dienone is 6. The van der Waals surface area contributed by atoms with Crippen LogP contribution in [0.15, 0.2) is 36.5 Å². The van der Waals surface area contributed by atoms with Crippen molar-refractivity contribution in [3.63, 3.8) is 0 Å². The fourth-order valence-corrected chi connectivity index (χ4v) is 9.32. The van der Waals surface area contributed by atoms with Gasteiger partial charge >= 0.3 is 7.82 Å². The van der Waals surface area contributed by atoms with Crippen LogP contribution >= 0.6 is 7.82 Å². The number of quaternary nitrogens is 1. The Morgan fingerprint density at radius 1 is 0.507 bits per heavy atom. The normalized spacial score (nSPS) is 14.2. The van der Waals surface area contributed by atoms with E-state index in [1.165, 1.54) is 186 Å². The molecule has 8 nitrogen and oxygen atoms in total. The van der Waals surface area contributed by atoms with Crippen LogP contribution in [0.3, 0.4) is 0 Å². The summed E-state index contributed by atoms with van der Waals surface area (Å²) in [6.07, 6.45) is 63.4. The number of amides is 1. The SMILES string of the molecule is CCCCCCC/C=C\C/C=C\C/C=C\CCCCCCCCC(=O)NC(COP(=O)(O)OCC[N+](C)(C)C)C(O)CCCCCCCCCCCCCCCCCCCCCCCCCC. The van der Waals surface area contributed by atoms with Crippen LogP contribution in [0.5, 0.6) is 0 Å². The molecule has 0 fully saturated rings. The third-order valence-electron chi connectivity index (χ3n) is 13.1. The van der Waals surface area contributed by atoms with E-state index >= 15 is 0 Å². The van der Waals surface area contributed by atoms with E-state index < -0.39 is 20.0 Å². The third kappa shape index (κ3) is 52.4. The lowest BCUT2D eigenvalue weighted by Crippen LogP contribution is -2.46. The van der Waals surface area contributed by atoms with Crippen molar-refractivity contribution in [2.75, 3.05) is 40.9 Å². The molecule has 0 radical (unpaired) electrons. The topological polar surface area (TPSA) is 105 Å². The smallest absolute Gasteiger partial charge is 0.391 e. The number of carbonyl (C=O) groups is 1. The molecule has 1 amide bonds. The Labute approximate surface area is 417 Å². The van der Waals surface area contributed by atoms with Crippen molar-refractivity contribution in [3.8, 4) is 0 Å². The number of rotatable bonds is 53. The van der Waals surface area contributed by atoms with Gasteiger partial charge in [0.05, 0.1) is 39.9 Å². The maximum atomic E-state index is 13.0. The van der Waals surface area contributed by atoms with Crippen LogP contribution in [0.2, 0.25) is 0 Å². The minimum atomic E-state index is -4.33. The van der Waals surface area contributed by atoms with E-state index in [1.807, 2.05) is 21.1 Å². The van der Waals surface area contributed by atoms with Crippen LogP contribution in [0.4, 0.5) is 0 Å². The molecule has 0 aliphatic carbocycles. The van der Waals surface area contributed by atoms with Crippen molar-refractivity contribution in [1.82, 2.24) is 5.32 Å². The predicted molar refractivity (Wildman–Crippen MR) is 291 cm³/mol.